The van der Waals surface area contributed by atoms with Gasteiger partial charge >= 0.3 is 0 Å². The van der Waals surface area contributed by atoms with Crippen LogP contribution < -0.4 is 0 Å². The predicted molar refractivity (Wildman–Crippen MR) is 52.9 cm³/mol. The molecule has 0 fully saturated rings. The first-order valence-electron chi connectivity index (χ1n) is 4.55. The molecule has 1 aromatic rings. The third-order valence-corrected chi connectivity index (χ3v) is 1.87. The monoisotopic (exact) mass is 243 g/mol. The van der Waals surface area contributed by atoms with Crippen LogP contribution in [0.3, 0.4) is 0 Å². The van der Waals surface area contributed by atoms with Gasteiger partial charge in [0.25, 0.3) is 10.2 Å². The summed E-state index contributed by atoms with van der Waals surface area (Å²) >= 11 is 0. The molecule has 0 aliphatic heterocycles. The van der Waals surface area contributed by atoms with E-state index < -0.39 is 16.1 Å². The summed E-state index contributed by atoms with van der Waals surface area (Å²) in [7, 11) is 0. The summed E-state index contributed by atoms with van der Waals surface area (Å²) in [4.78, 5) is 32.4. The molecule has 0 amide bonds. The van der Waals surface area contributed by atoms with Crippen molar-refractivity contribution in [3.05, 3.63) is 50.3 Å². The quantitative estimate of drug-likeness (QED) is 0.507. The Bertz CT molecular complexity index is 366. The van der Waals surface area contributed by atoms with Crippen molar-refractivity contribution in [1.29, 1.82) is 0 Å². The molecule has 17 heavy (non-hydrogen) atoms. The van der Waals surface area contributed by atoms with Gasteiger partial charge in [0.05, 0.1) is 0 Å². The number of hydrogen-bond acceptors (Lipinski definition) is 7. The van der Waals surface area contributed by atoms with Crippen molar-refractivity contribution in [2.24, 2.45) is 0 Å². The summed E-state index contributed by atoms with van der Waals surface area (Å²) < 4.78 is 0. The lowest BCUT2D eigenvalue weighted by atomic mass is 10.1. The van der Waals surface area contributed by atoms with Crippen LogP contribution in [0.2, 0.25) is 0 Å². The Kier molecular flexibility index (Phi) is 4.60. The van der Waals surface area contributed by atoms with Crippen LogP contribution in [-0.2, 0) is 9.68 Å². The predicted octanol–water partition coefficient (Wildman–Crippen LogP) is 0.582. The van der Waals surface area contributed by atoms with E-state index in [1.165, 1.54) is 6.20 Å². The van der Waals surface area contributed by atoms with Crippen LogP contribution in [0.1, 0.15) is 11.6 Å². The first-order chi connectivity index (χ1) is 8.09. The fraction of sp³-hybridized carbons (Fsp3) is 0.375. The van der Waals surface area contributed by atoms with Crippen molar-refractivity contribution in [2.75, 3.05) is 13.2 Å². The van der Waals surface area contributed by atoms with E-state index in [1.807, 2.05) is 0 Å². The molecule has 1 rings (SSSR count). The third-order valence-electron chi connectivity index (χ3n) is 1.87. The highest BCUT2D eigenvalue weighted by molar-refractivity contribution is 5.09. The van der Waals surface area contributed by atoms with E-state index in [0.717, 1.165) is 0 Å². The maximum Gasteiger partial charge on any atom is 0.294 e. The van der Waals surface area contributed by atoms with Gasteiger partial charge in [0, 0.05) is 17.8 Å². The topological polar surface area (TPSA) is 118 Å². The van der Waals surface area contributed by atoms with Crippen molar-refractivity contribution in [3.63, 3.8) is 0 Å². The zero-order valence-electron chi connectivity index (χ0n) is 8.59. The number of nitrogens with zero attached hydrogens (tertiary/aromatic N) is 3. The Morgan fingerprint density at radius 1 is 1.18 bits per heavy atom. The molecule has 0 saturated carbocycles. The summed E-state index contributed by atoms with van der Waals surface area (Å²) in [6.45, 7) is -0.699. The lowest BCUT2D eigenvalue weighted by Gasteiger charge is -2.13. The molecule has 0 atom stereocenters. The zero-order chi connectivity index (χ0) is 12.7. The molecule has 0 aliphatic rings. The number of aromatic nitrogens is 1. The van der Waals surface area contributed by atoms with Crippen LogP contribution in [0.5, 0.6) is 0 Å². The van der Waals surface area contributed by atoms with Gasteiger partial charge in [-0.2, -0.15) is 0 Å². The summed E-state index contributed by atoms with van der Waals surface area (Å²) in [5, 5.41) is 18.2. The molecule has 0 aromatic carbocycles. The third kappa shape index (κ3) is 4.73. The van der Waals surface area contributed by atoms with Crippen LogP contribution in [0.25, 0.3) is 0 Å². The normalized spacial score (nSPS) is 9.94. The number of hydrogen-bond donors (Lipinski definition) is 0. The molecule has 9 heteroatoms. The van der Waals surface area contributed by atoms with Gasteiger partial charge < -0.3 is 9.68 Å². The van der Waals surface area contributed by atoms with Crippen molar-refractivity contribution < 1.29 is 19.8 Å². The van der Waals surface area contributed by atoms with Crippen LogP contribution in [0.4, 0.5) is 0 Å². The van der Waals surface area contributed by atoms with Crippen LogP contribution >= 0.6 is 0 Å². The number of rotatable bonds is 7. The van der Waals surface area contributed by atoms with E-state index in [2.05, 4.69) is 14.7 Å². The second kappa shape index (κ2) is 6.20. The zero-order valence-corrected chi connectivity index (χ0v) is 8.59. The Balaban J connectivity index is 2.64. The van der Waals surface area contributed by atoms with E-state index in [-0.39, 0.29) is 13.2 Å². The molecule has 9 nitrogen and oxygen atoms in total. The Hall–Kier alpha value is -2.45. The molecule has 0 aliphatic carbocycles. The first kappa shape index (κ1) is 12.6. The molecule has 0 saturated heterocycles. The maximum absolute atomic E-state index is 10.1. The van der Waals surface area contributed by atoms with Gasteiger partial charge in [-0.1, -0.05) is 6.07 Å². The minimum Gasteiger partial charge on any atom is -0.313 e. The van der Waals surface area contributed by atoms with E-state index in [1.54, 1.807) is 18.2 Å². The van der Waals surface area contributed by atoms with Gasteiger partial charge in [-0.05, 0) is 12.1 Å². The second-order valence-corrected chi connectivity index (χ2v) is 2.99. The van der Waals surface area contributed by atoms with Gasteiger partial charge in [-0.3, -0.25) is 4.98 Å². The minimum absolute atomic E-state index is 0.349. The summed E-state index contributed by atoms with van der Waals surface area (Å²) in [5.41, 5.74) is 0.427. The Morgan fingerprint density at radius 3 is 2.18 bits per heavy atom. The smallest absolute Gasteiger partial charge is 0.294 e. The molecule has 0 radical (unpaired) electrons. The Morgan fingerprint density at radius 2 is 1.76 bits per heavy atom. The summed E-state index contributed by atoms with van der Waals surface area (Å²) in [5.74, 6) is -0.674. The van der Waals surface area contributed by atoms with E-state index in [0.29, 0.717) is 5.69 Å². The van der Waals surface area contributed by atoms with Crippen LogP contribution in [-0.4, -0.2) is 28.4 Å². The SMILES string of the molecule is O=[N+]([O-])OCC(CO[N+](=O)[O-])c1ccccn1. The minimum atomic E-state index is -0.970. The number of pyridine rings is 1. The molecule has 1 heterocycles. The van der Waals surface area contributed by atoms with Crippen molar-refractivity contribution in [1.82, 2.24) is 4.98 Å². The molecular weight excluding hydrogens is 234 g/mol. The maximum atomic E-state index is 10.1. The highest BCUT2D eigenvalue weighted by Gasteiger charge is 2.16. The second-order valence-electron chi connectivity index (χ2n) is 2.99. The molecule has 92 valence electrons. The molecule has 0 bridgehead atoms. The molecule has 0 spiro atoms. The lowest BCUT2D eigenvalue weighted by Crippen LogP contribution is -2.19. The standard InChI is InChI=1S/C8H9N3O6/c12-10(13)16-5-7(6-17-11(14)15)8-3-1-2-4-9-8/h1-4,7H,5-6H2. The molecule has 0 N–H and O–H groups in total. The lowest BCUT2D eigenvalue weighted by molar-refractivity contribution is -0.767. The average molecular weight is 243 g/mol. The van der Waals surface area contributed by atoms with Gasteiger partial charge in [0.2, 0.25) is 0 Å². The summed E-state index contributed by atoms with van der Waals surface area (Å²) in [6, 6.07) is 4.90. The highest BCUT2D eigenvalue weighted by atomic mass is 17.0. The van der Waals surface area contributed by atoms with Gasteiger partial charge in [-0.25, -0.2) is 0 Å². The Labute approximate surface area is 95.2 Å². The van der Waals surface area contributed by atoms with Crippen LogP contribution in [0.15, 0.2) is 24.4 Å². The van der Waals surface area contributed by atoms with E-state index in [9.17, 15) is 20.2 Å². The fourth-order valence-corrected chi connectivity index (χ4v) is 1.14. The van der Waals surface area contributed by atoms with Crippen molar-refractivity contribution in [2.45, 2.75) is 5.92 Å². The van der Waals surface area contributed by atoms with Gasteiger partial charge in [-0.15, -0.1) is 20.2 Å². The molecule has 1 aromatic heterocycles. The fourth-order valence-electron chi connectivity index (χ4n) is 1.14. The van der Waals surface area contributed by atoms with Gasteiger partial charge in [0.1, 0.15) is 13.2 Å². The summed E-state index contributed by atoms with van der Waals surface area (Å²) in [6.07, 6.45) is 1.47. The van der Waals surface area contributed by atoms with E-state index in [4.69, 9.17) is 0 Å². The van der Waals surface area contributed by atoms with Crippen molar-refractivity contribution in [3.8, 4) is 0 Å². The van der Waals surface area contributed by atoms with Crippen LogP contribution in [0, 0.1) is 20.2 Å². The molecule has 0 unspecified atom stereocenters. The highest BCUT2D eigenvalue weighted by Crippen LogP contribution is 2.13. The average Bonchev–Trinajstić information content (AvgIpc) is 2.29. The first-order valence-corrected chi connectivity index (χ1v) is 4.55. The van der Waals surface area contributed by atoms with Crippen molar-refractivity contribution >= 4 is 0 Å². The molecular formula is C8H9N3O6. The van der Waals surface area contributed by atoms with E-state index >= 15 is 0 Å². The largest absolute Gasteiger partial charge is 0.313 e. The van der Waals surface area contributed by atoms with Gasteiger partial charge in [0.15, 0.2) is 0 Å².